The molecule has 0 radical (unpaired) electrons. The van der Waals surface area contributed by atoms with Gasteiger partial charge in [-0.05, 0) is 32.2 Å². The van der Waals surface area contributed by atoms with Gasteiger partial charge in [-0.25, -0.2) is 4.98 Å². The second-order valence-electron chi connectivity index (χ2n) is 4.52. The van der Waals surface area contributed by atoms with Gasteiger partial charge in [-0.3, -0.25) is 0 Å². The zero-order valence-electron chi connectivity index (χ0n) is 10.8. The van der Waals surface area contributed by atoms with Crippen molar-refractivity contribution in [3.05, 3.63) is 15.6 Å². The highest BCUT2D eigenvalue weighted by Gasteiger charge is 2.23. The van der Waals surface area contributed by atoms with E-state index in [1.165, 1.54) is 28.4 Å². The number of hydrogen-bond donors (Lipinski definition) is 1. The standard InChI is InChI=1S/C13H22N2OS/c1-3-14-10-6-4-7-11-13(10)17-12(15-11)8-5-9-16-2/h10,14H,3-9H2,1-2H3. The molecule has 4 heteroatoms. The van der Waals surface area contributed by atoms with E-state index in [0.29, 0.717) is 6.04 Å². The molecule has 1 heterocycles. The van der Waals surface area contributed by atoms with Crippen molar-refractivity contribution in [2.75, 3.05) is 20.3 Å². The van der Waals surface area contributed by atoms with E-state index in [2.05, 4.69) is 12.2 Å². The Morgan fingerprint density at radius 2 is 2.41 bits per heavy atom. The van der Waals surface area contributed by atoms with Gasteiger partial charge in [0.2, 0.25) is 0 Å². The SMILES string of the molecule is CCNC1CCCc2nc(CCCOC)sc21. The van der Waals surface area contributed by atoms with Crippen molar-refractivity contribution in [2.45, 2.75) is 45.1 Å². The number of nitrogens with one attached hydrogen (secondary N) is 1. The average Bonchev–Trinajstić information content (AvgIpc) is 2.74. The normalized spacial score (nSPS) is 19.3. The van der Waals surface area contributed by atoms with E-state index in [0.717, 1.165) is 32.4 Å². The molecule has 17 heavy (non-hydrogen) atoms. The summed E-state index contributed by atoms with van der Waals surface area (Å²) < 4.78 is 5.09. The van der Waals surface area contributed by atoms with Gasteiger partial charge in [0.1, 0.15) is 0 Å². The van der Waals surface area contributed by atoms with Gasteiger partial charge >= 0.3 is 0 Å². The Bertz CT molecular complexity index is 351. The molecule has 0 bridgehead atoms. The zero-order chi connectivity index (χ0) is 12.1. The van der Waals surface area contributed by atoms with Crippen LogP contribution in [0.15, 0.2) is 0 Å². The fourth-order valence-electron chi connectivity index (χ4n) is 2.39. The molecule has 96 valence electrons. The average molecular weight is 254 g/mol. The fraction of sp³-hybridized carbons (Fsp3) is 0.769. The highest BCUT2D eigenvalue weighted by molar-refractivity contribution is 7.11. The Morgan fingerprint density at radius 3 is 3.18 bits per heavy atom. The summed E-state index contributed by atoms with van der Waals surface area (Å²) in [6, 6.07) is 0.553. The number of fused-ring (bicyclic) bond motifs is 1. The van der Waals surface area contributed by atoms with E-state index in [1.807, 2.05) is 11.3 Å². The largest absolute Gasteiger partial charge is 0.385 e. The summed E-state index contributed by atoms with van der Waals surface area (Å²) in [6.07, 6.45) is 5.84. The van der Waals surface area contributed by atoms with Crippen molar-refractivity contribution < 1.29 is 4.74 Å². The number of rotatable bonds is 6. The summed E-state index contributed by atoms with van der Waals surface area (Å²) in [5.41, 5.74) is 1.35. The monoisotopic (exact) mass is 254 g/mol. The number of aromatic nitrogens is 1. The van der Waals surface area contributed by atoms with Gasteiger partial charge in [-0.15, -0.1) is 11.3 Å². The van der Waals surface area contributed by atoms with Crippen molar-refractivity contribution in [1.29, 1.82) is 0 Å². The number of nitrogens with zero attached hydrogens (tertiary/aromatic N) is 1. The predicted octanol–water partition coefficient (Wildman–Crippen LogP) is 2.71. The van der Waals surface area contributed by atoms with Crippen molar-refractivity contribution in [2.24, 2.45) is 0 Å². The van der Waals surface area contributed by atoms with Crippen molar-refractivity contribution in [3.8, 4) is 0 Å². The van der Waals surface area contributed by atoms with E-state index in [4.69, 9.17) is 9.72 Å². The molecule has 1 aliphatic rings. The highest BCUT2D eigenvalue weighted by atomic mass is 32.1. The molecule has 0 amide bonds. The number of hydrogen-bond acceptors (Lipinski definition) is 4. The molecule has 0 saturated heterocycles. The maximum absolute atomic E-state index is 5.09. The Hall–Kier alpha value is -0.450. The van der Waals surface area contributed by atoms with Gasteiger partial charge in [0.05, 0.1) is 10.7 Å². The summed E-state index contributed by atoms with van der Waals surface area (Å²) in [5, 5.41) is 4.86. The molecular weight excluding hydrogens is 232 g/mol. The molecule has 0 fully saturated rings. The van der Waals surface area contributed by atoms with E-state index >= 15 is 0 Å². The molecule has 3 nitrogen and oxygen atoms in total. The number of methoxy groups -OCH3 is 1. The van der Waals surface area contributed by atoms with Crippen molar-refractivity contribution in [3.63, 3.8) is 0 Å². The molecule has 0 spiro atoms. The van der Waals surface area contributed by atoms with Crippen LogP contribution in [0.2, 0.25) is 0 Å². The van der Waals surface area contributed by atoms with Crippen LogP contribution >= 0.6 is 11.3 Å². The first-order valence-electron chi connectivity index (χ1n) is 6.56. The Morgan fingerprint density at radius 1 is 1.53 bits per heavy atom. The lowest BCUT2D eigenvalue weighted by Crippen LogP contribution is -2.23. The zero-order valence-corrected chi connectivity index (χ0v) is 11.6. The Balaban J connectivity index is 2.02. The van der Waals surface area contributed by atoms with Crippen molar-refractivity contribution >= 4 is 11.3 Å². The summed E-state index contributed by atoms with van der Waals surface area (Å²) in [6.45, 7) is 4.05. The van der Waals surface area contributed by atoms with Crippen LogP contribution in [0.3, 0.4) is 0 Å². The predicted molar refractivity (Wildman–Crippen MR) is 71.7 cm³/mol. The summed E-state index contributed by atoms with van der Waals surface area (Å²) in [4.78, 5) is 6.27. The smallest absolute Gasteiger partial charge is 0.0932 e. The second kappa shape index (κ2) is 6.47. The van der Waals surface area contributed by atoms with Crippen LogP contribution in [0.1, 0.15) is 47.8 Å². The lowest BCUT2D eigenvalue weighted by Gasteiger charge is -2.21. The maximum Gasteiger partial charge on any atom is 0.0932 e. The van der Waals surface area contributed by atoms with Gasteiger partial charge in [-0.1, -0.05) is 6.92 Å². The maximum atomic E-state index is 5.09. The number of ether oxygens (including phenoxy) is 1. The summed E-state index contributed by atoms with van der Waals surface area (Å²) in [5.74, 6) is 0. The molecule has 0 aliphatic heterocycles. The topological polar surface area (TPSA) is 34.2 Å². The molecule has 0 aromatic carbocycles. The lowest BCUT2D eigenvalue weighted by atomic mass is 9.98. The highest BCUT2D eigenvalue weighted by Crippen LogP contribution is 2.34. The molecule has 1 atom stereocenters. The molecule has 0 saturated carbocycles. The third-order valence-electron chi connectivity index (χ3n) is 3.18. The third-order valence-corrected chi connectivity index (χ3v) is 4.46. The van der Waals surface area contributed by atoms with E-state index in [1.54, 1.807) is 7.11 Å². The second-order valence-corrected chi connectivity index (χ2v) is 5.63. The van der Waals surface area contributed by atoms with Crippen LogP contribution in [-0.4, -0.2) is 25.2 Å². The quantitative estimate of drug-likeness (QED) is 0.793. The van der Waals surface area contributed by atoms with Crippen LogP contribution in [-0.2, 0) is 17.6 Å². The third kappa shape index (κ3) is 3.27. The molecule has 1 aliphatic carbocycles. The molecule has 1 unspecified atom stereocenters. The molecule has 1 aromatic rings. The van der Waals surface area contributed by atoms with Crippen LogP contribution in [0, 0.1) is 0 Å². The van der Waals surface area contributed by atoms with Crippen LogP contribution < -0.4 is 5.32 Å². The minimum atomic E-state index is 0.553. The first kappa shape index (κ1) is 13.0. The summed E-state index contributed by atoms with van der Waals surface area (Å²) >= 11 is 1.90. The van der Waals surface area contributed by atoms with Gasteiger partial charge < -0.3 is 10.1 Å². The van der Waals surface area contributed by atoms with Gasteiger partial charge in [-0.2, -0.15) is 0 Å². The first-order chi connectivity index (χ1) is 8.35. The Kier molecular flexibility index (Phi) is 4.95. The molecule has 2 rings (SSSR count). The van der Waals surface area contributed by atoms with Crippen LogP contribution in [0.25, 0.3) is 0 Å². The van der Waals surface area contributed by atoms with Gasteiger partial charge in [0, 0.05) is 31.1 Å². The molecule has 1 N–H and O–H groups in total. The minimum Gasteiger partial charge on any atom is -0.385 e. The van der Waals surface area contributed by atoms with E-state index in [9.17, 15) is 0 Å². The van der Waals surface area contributed by atoms with Crippen LogP contribution in [0.4, 0.5) is 0 Å². The van der Waals surface area contributed by atoms with Gasteiger partial charge in [0.25, 0.3) is 0 Å². The van der Waals surface area contributed by atoms with Gasteiger partial charge in [0.15, 0.2) is 0 Å². The lowest BCUT2D eigenvalue weighted by molar-refractivity contribution is 0.195. The fourth-order valence-corrected chi connectivity index (χ4v) is 3.65. The minimum absolute atomic E-state index is 0.553. The number of aryl methyl sites for hydroxylation is 2. The first-order valence-corrected chi connectivity index (χ1v) is 7.37. The van der Waals surface area contributed by atoms with E-state index < -0.39 is 0 Å². The number of thiazole rings is 1. The summed E-state index contributed by atoms with van der Waals surface area (Å²) in [7, 11) is 1.76. The molecular formula is C13H22N2OS. The van der Waals surface area contributed by atoms with Crippen molar-refractivity contribution in [1.82, 2.24) is 10.3 Å². The molecule has 1 aromatic heterocycles. The van der Waals surface area contributed by atoms with E-state index in [-0.39, 0.29) is 0 Å². The Labute approximate surface area is 108 Å². The van der Waals surface area contributed by atoms with Crippen LogP contribution in [0.5, 0.6) is 0 Å².